The number of aromatic nitrogens is 1. The molecule has 4 heteroatoms. The topological polar surface area (TPSA) is 34.2 Å². The maximum Gasteiger partial charge on any atom is 0.183 e. The van der Waals surface area contributed by atoms with Crippen LogP contribution in [0.1, 0.15) is 17.7 Å². The molecule has 0 radical (unpaired) electrons. The van der Waals surface area contributed by atoms with E-state index in [1.165, 1.54) is 4.88 Å². The van der Waals surface area contributed by atoms with Crippen molar-refractivity contribution < 1.29 is 4.74 Å². The van der Waals surface area contributed by atoms with E-state index in [-0.39, 0.29) is 0 Å². The van der Waals surface area contributed by atoms with E-state index in [9.17, 15) is 0 Å². The van der Waals surface area contributed by atoms with Gasteiger partial charge in [0.15, 0.2) is 5.13 Å². The molecule has 1 N–H and O–H groups in total. The maximum absolute atomic E-state index is 5.29. The van der Waals surface area contributed by atoms with Gasteiger partial charge in [0.2, 0.25) is 0 Å². The fourth-order valence-corrected chi connectivity index (χ4v) is 2.18. The average Bonchev–Trinajstić information content (AvgIpc) is 2.53. The Labute approximate surface area is 82.1 Å². The van der Waals surface area contributed by atoms with Gasteiger partial charge in [-0.15, -0.1) is 11.3 Å². The van der Waals surface area contributed by atoms with E-state index in [0.717, 1.165) is 31.2 Å². The zero-order valence-corrected chi connectivity index (χ0v) is 8.56. The van der Waals surface area contributed by atoms with Crippen molar-refractivity contribution >= 4 is 16.5 Å². The number of ether oxygens (including phenoxy) is 1. The molecule has 0 spiro atoms. The van der Waals surface area contributed by atoms with E-state index < -0.39 is 0 Å². The minimum atomic E-state index is 0.555. The van der Waals surface area contributed by atoms with Crippen LogP contribution in [0, 0.1) is 6.92 Å². The van der Waals surface area contributed by atoms with Gasteiger partial charge in [-0.05, 0) is 19.8 Å². The Kier molecular flexibility index (Phi) is 2.80. The molecule has 13 heavy (non-hydrogen) atoms. The lowest BCUT2D eigenvalue weighted by molar-refractivity contribution is 0.0904. The molecule has 0 saturated carbocycles. The van der Waals surface area contributed by atoms with Crippen LogP contribution in [-0.2, 0) is 4.74 Å². The van der Waals surface area contributed by atoms with Gasteiger partial charge in [-0.25, -0.2) is 4.98 Å². The Balaban J connectivity index is 1.89. The van der Waals surface area contributed by atoms with Crippen LogP contribution in [0.5, 0.6) is 0 Å². The zero-order chi connectivity index (χ0) is 9.10. The first-order valence-electron chi connectivity index (χ1n) is 4.61. The van der Waals surface area contributed by atoms with Crippen LogP contribution in [0.25, 0.3) is 0 Å². The number of hydrogen-bond acceptors (Lipinski definition) is 4. The van der Waals surface area contributed by atoms with Gasteiger partial charge in [0, 0.05) is 30.3 Å². The van der Waals surface area contributed by atoms with E-state index in [2.05, 4.69) is 17.2 Å². The van der Waals surface area contributed by atoms with Crippen molar-refractivity contribution in [2.45, 2.75) is 25.8 Å². The number of anilines is 1. The van der Waals surface area contributed by atoms with Gasteiger partial charge in [-0.2, -0.15) is 0 Å². The lowest BCUT2D eigenvalue weighted by atomic mass is 10.1. The molecule has 0 bridgehead atoms. The van der Waals surface area contributed by atoms with Crippen LogP contribution in [0.3, 0.4) is 0 Å². The number of nitrogens with one attached hydrogen (secondary N) is 1. The molecule has 0 unspecified atom stereocenters. The Morgan fingerprint density at radius 1 is 1.54 bits per heavy atom. The van der Waals surface area contributed by atoms with Crippen LogP contribution in [0.2, 0.25) is 0 Å². The predicted molar refractivity (Wildman–Crippen MR) is 54.3 cm³/mol. The van der Waals surface area contributed by atoms with E-state index in [1.807, 2.05) is 6.20 Å². The molecular formula is C9H14N2OS. The lowest BCUT2D eigenvalue weighted by Crippen LogP contribution is -2.27. The van der Waals surface area contributed by atoms with Gasteiger partial charge in [0.05, 0.1) is 0 Å². The van der Waals surface area contributed by atoms with E-state index in [1.54, 1.807) is 11.3 Å². The van der Waals surface area contributed by atoms with Crippen LogP contribution >= 0.6 is 11.3 Å². The van der Waals surface area contributed by atoms with Crippen LogP contribution in [-0.4, -0.2) is 24.2 Å². The van der Waals surface area contributed by atoms with Crippen molar-refractivity contribution in [1.82, 2.24) is 4.98 Å². The fraction of sp³-hybridized carbons (Fsp3) is 0.667. The summed E-state index contributed by atoms with van der Waals surface area (Å²) in [6.45, 7) is 3.83. The molecule has 1 fully saturated rings. The molecule has 0 atom stereocenters. The third-order valence-electron chi connectivity index (χ3n) is 2.17. The largest absolute Gasteiger partial charge is 0.381 e. The lowest BCUT2D eigenvalue weighted by Gasteiger charge is -2.22. The van der Waals surface area contributed by atoms with E-state index in [4.69, 9.17) is 4.74 Å². The molecule has 0 amide bonds. The summed E-state index contributed by atoms with van der Waals surface area (Å²) in [4.78, 5) is 5.54. The summed E-state index contributed by atoms with van der Waals surface area (Å²) in [5.41, 5.74) is 0. The molecule has 1 aromatic heterocycles. The monoisotopic (exact) mass is 198 g/mol. The Morgan fingerprint density at radius 3 is 2.92 bits per heavy atom. The summed E-state index contributed by atoms with van der Waals surface area (Å²) in [6.07, 6.45) is 4.10. The smallest absolute Gasteiger partial charge is 0.183 e. The third kappa shape index (κ3) is 2.42. The van der Waals surface area contributed by atoms with Gasteiger partial charge in [0.1, 0.15) is 0 Å². The summed E-state index contributed by atoms with van der Waals surface area (Å²) < 4.78 is 5.29. The highest BCUT2D eigenvalue weighted by molar-refractivity contribution is 7.15. The van der Waals surface area contributed by atoms with Gasteiger partial charge >= 0.3 is 0 Å². The normalized spacial score (nSPS) is 18.8. The molecular weight excluding hydrogens is 184 g/mol. The first kappa shape index (κ1) is 8.97. The highest BCUT2D eigenvalue weighted by Gasteiger charge is 2.14. The van der Waals surface area contributed by atoms with Gasteiger partial charge in [0.25, 0.3) is 0 Å². The van der Waals surface area contributed by atoms with Gasteiger partial charge < -0.3 is 10.1 Å². The summed E-state index contributed by atoms with van der Waals surface area (Å²) in [6, 6.07) is 0.555. The van der Waals surface area contributed by atoms with E-state index in [0.29, 0.717) is 6.04 Å². The maximum atomic E-state index is 5.29. The summed E-state index contributed by atoms with van der Waals surface area (Å²) in [5, 5.41) is 4.47. The second-order valence-electron chi connectivity index (χ2n) is 3.31. The number of hydrogen-bond donors (Lipinski definition) is 1. The summed E-state index contributed by atoms with van der Waals surface area (Å²) in [5.74, 6) is 0. The van der Waals surface area contributed by atoms with Gasteiger partial charge in [-0.1, -0.05) is 0 Å². The second kappa shape index (κ2) is 4.07. The van der Waals surface area contributed by atoms with E-state index >= 15 is 0 Å². The van der Waals surface area contributed by atoms with Gasteiger partial charge in [-0.3, -0.25) is 0 Å². The van der Waals surface area contributed by atoms with Crippen molar-refractivity contribution in [2.24, 2.45) is 0 Å². The third-order valence-corrected chi connectivity index (χ3v) is 3.01. The Hall–Kier alpha value is -0.610. The Bertz CT molecular complexity index is 268. The SMILES string of the molecule is Cc1cnc(NC2CCOCC2)s1. The molecule has 1 aliphatic heterocycles. The number of aryl methyl sites for hydroxylation is 1. The number of rotatable bonds is 2. The molecule has 1 saturated heterocycles. The highest BCUT2D eigenvalue weighted by atomic mass is 32.1. The molecule has 1 aliphatic rings. The van der Waals surface area contributed by atoms with Crippen LogP contribution < -0.4 is 5.32 Å². The molecule has 3 nitrogen and oxygen atoms in total. The molecule has 2 heterocycles. The highest BCUT2D eigenvalue weighted by Crippen LogP contribution is 2.20. The van der Waals surface area contributed by atoms with Crippen molar-refractivity contribution in [3.05, 3.63) is 11.1 Å². The molecule has 0 aromatic carbocycles. The Morgan fingerprint density at radius 2 is 2.31 bits per heavy atom. The predicted octanol–water partition coefficient (Wildman–Crippen LogP) is 2.04. The van der Waals surface area contributed by atoms with Crippen molar-refractivity contribution in [2.75, 3.05) is 18.5 Å². The standard InChI is InChI=1S/C9H14N2OS/c1-7-6-10-9(13-7)11-8-2-4-12-5-3-8/h6,8H,2-5H2,1H3,(H,10,11). The van der Waals surface area contributed by atoms with Crippen LogP contribution in [0.15, 0.2) is 6.20 Å². The summed E-state index contributed by atoms with van der Waals surface area (Å²) in [7, 11) is 0. The minimum absolute atomic E-state index is 0.555. The van der Waals surface area contributed by atoms with Crippen molar-refractivity contribution in [3.63, 3.8) is 0 Å². The minimum Gasteiger partial charge on any atom is -0.381 e. The van der Waals surface area contributed by atoms with Crippen molar-refractivity contribution in [1.29, 1.82) is 0 Å². The second-order valence-corrected chi connectivity index (χ2v) is 4.54. The quantitative estimate of drug-likeness (QED) is 0.789. The first-order valence-corrected chi connectivity index (χ1v) is 5.43. The summed E-state index contributed by atoms with van der Waals surface area (Å²) >= 11 is 1.72. The fourth-order valence-electron chi connectivity index (χ4n) is 1.44. The molecule has 0 aliphatic carbocycles. The van der Waals surface area contributed by atoms with Crippen LogP contribution in [0.4, 0.5) is 5.13 Å². The average molecular weight is 198 g/mol. The number of thiazole rings is 1. The molecule has 1 aromatic rings. The zero-order valence-electron chi connectivity index (χ0n) is 7.75. The molecule has 2 rings (SSSR count). The van der Waals surface area contributed by atoms with Crippen molar-refractivity contribution in [3.8, 4) is 0 Å². The number of nitrogens with zero attached hydrogens (tertiary/aromatic N) is 1. The molecule has 72 valence electrons. The first-order chi connectivity index (χ1) is 6.34.